The van der Waals surface area contributed by atoms with E-state index in [0.29, 0.717) is 21.5 Å². The van der Waals surface area contributed by atoms with Crippen molar-refractivity contribution in [2.45, 2.75) is 26.4 Å². The van der Waals surface area contributed by atoms with Crippen molar-refractivity contribution in [2.24, 2.45) is 0 Å². The third-order valence-corrected chi connectivity index (χ3v) is 3.58. The SMILES string of the molecule is CCc1ccc(O[C@@H](C)C(=O)Nc2cc(Cl)cc(Cl)c2)cc1. The van der Waals surface area contributed by atoms with Crippen LogP contribution in [0.15, 0.2) is 42.5 Å². The normalized spacial score (nSPS) is 11.8. The summed E-state index contributed by atoms with van der Waals surface area (Å²) in [7, 11) is 0. The van der Waals surface area contributed by atoms with Crippen LogP contribution in [0.3, 0.4) is 0 Å². The molecule has 1 N–H and O–H groups in total. The van der Waals surface area contributed by atoms with Crippen LogP contribution in [-0.4, -0.2) is 12.0 Å². The summed E-state index contributed by atoms with van der Waals surface area (Å²) < 4.78 is 5.63. The van der Waals surface area contributed by atoms with Gasteiger partial charge in [0.1, 0.15) is 5.75 Å². The highest BCUT2D eigenvalue weighted by molar-refractivity contribution is 6.35. The zero-order valence-electron chi connectivity index (χ0n) is 12.4. The van der Waals surface area contributed by atoms with Gasteiger partial charge in [-0.2, -0.15) is 0 Å². The summed E-state index contributed by atoms with van der Waals surface area (Å²) in [6.07, 6.45) is 0.330. The van der Waals surface area contributed by atoms with Gasteiger partial charge in [-0.25, -0.2) is 0 Å². The number of anilines is 1. The zero-order chi connectivity index (χ0) is 16.1. The number of rotatable bonds is 5. The number of halogens is 2. The topological polar surface area (TPSA) is 38.3 Å². The van der Waals surface area contributed by atoms with E-state index >= 15 is 0 Å². The second-order valence-corrected chi connectivity index (χ2v) is 5.78. The molecule has 0 bridgehead atoms. The van der Waals surface area contributed by atoms with Crippen LogP contribution in [-0.2, 0) is 11.2 Å². The Balaban J connectivity index is 1.99. The third-order valence-electron chi connectivity index (χ3n) is 3.14. The van der Waals surface area contributed by atoms with Crippen LogP contribution < -0.4 is 10.1 Å². The number of hydrogen-bond donors (Lipinski definition) is 1. The van der Waals surface area contributed by atoms with Gasteiger partial charge < -0.3 is 10.1 Å². The maximum absolute atomic E-state index is 12.1. The number of carbonyl (C=O) groups excluding carboxylic acids is 1. The van der Waals surface area contributed by atoms with Gasteiger partial charge in [0.15, 0.2) is 6.10 Å². The predicted molar refractivity (Wildman–Crippen MR) is 91.0 cm³/mol. The van der Waals surface area contributed by atoms with Gasteiger partial charge in [0, 0.05) is 15.7 Å². The molecule has 0 aromatic heterocycles. The largest absolute Gasteiger partial charge is 0.481 e. The molecule has 0 heterocycles. The van der Waals surface area contributed by atoms with Crippen molar-refractivity contribution < 1.29 is 9.53 Å². The lowest BCUT2D eigenvalue weighted by Crippen LogP contribution is -2.30. The molecule has 2 rings (SSSR count). The second-order valence-electron chi connectivity index (χ2n) is 4.90. The molecule has 0 aliphatic carbocycles. The molecular formula is C17H17Cl2NO2. The van der Waals surface area contributed by atoms with Gasteiger partial charge in [-0.15, -0.1) is 0 Å². The van der Waals surface area contributed by atoms with E-state index in [1.54, 1.807) is 25.1 Å². The standard InChI is InChI=1S/C17H17Cl2NO2/c1-3-12-4-6-16(7-5-12)22-11(2)17(21)20-15-9-13(18)8-14(19)10-15/h4-11H,3H2,1-2H3,(H,20,21)/t11-/m0/s1. The smallest absolute Gasteiger partial charge is 0.265 e. The summed E-state index contributed by atoms with van der Waals surface area (Å²) in [5, 5.41) is 3.66. The van der Waals surface area contributed by atoms with Crippen LogP contribution in [0.1, 0.15) is 19.4 Å². The number of amides is 1. The molecule has 0 fully saturated rings. The van der Waals surface area contributed by atoms with Crippen LogP contribution in [0.25, 0.3) is 0 Å². The lowest BCUT2D eigenvalue weighted by atomic mass is 10.2. The zero-order valence-corrected chi connectivity index (χ0v) is 13.9. The molecule has 1 amide bonds. The lowest BCUT2D eigenvalue weighted by Gasteiger charge is -2.15. The van der Waals surface area contributed by atoms with E-state index in [-0.39, 0.29) is 5.91 Å². The number of aryl methyl sites for hydroxylation is 1. The first-order chi connectivity index (χ1) is 10.5. The summed E-state index contributed by atoms with van der Waals surface area (Å²) in [5.74, 6) is 0.391. The van der Waals surface area contributed by atoms with Gasteiger partial charge in [0.25, 0.3) is 5.91 Å². The highest BCUT2D eigenvalue weighted by Crippen LogP contribution is 2.23. The van der Waals surface area contributed by atoms with Gasteiger partial charge in [0.2, 0.25) is 0 Å². The average Bonchev–Trinajstić information content (AvgIpc) is 2.46. The van der Waals surface area contributed by atoms with Gasteiger partial charge >= 0.3 is 0 Å². The molecule has 22 heavy (non-hydrogen) atoms. The fraction of sp³-hybridized carbons (Fsp3) is 0.235. The van der Waals surface area contributed by atoms with E-state index in [0.717, 1.165) is 6.42 Å². The minimum atomic E-state index is -0.634. The molecular weight excluding hydrogens is 321 g/mol. The molecule has 0 radical (unpaired) electrons. The maximum atomic E-state index is 12.1. The van der Waals surface area contributed by atoms with Gasteiger partial charge in [-0.05, 0) is 49.2 Å². The van der Waals surface area contributed by atoms with E-state index < -0.39 is 6.10 Å². The van der Waals surface area contributed by atoms with Crippen molar-refractivity contribution >= 4 is 34.8 Å². The van der Waals surface area contributed by atoms with Crippen LogP contribution in [0.2, 0.25) is 10.0 Å². The molecule has 2 aromatic carbocycles. The van der Waals surface area contributed by atoms with Crippen LogP contribution >= 0.6 is 23.2 Å². The van der Waals surface area contributed by atoms with E-state index in [9.17, 15) is 4.79 Å². The van der Waals surface area contributed by atoms with Gasteiger partial charge in [-0.3, -0.25) is 4.79 Å². The Kier molecular flexibility index (Phi) is 5.69. The van der Waals surface area contributed by atoms with Crippen LogP contribution in [0, 0.1) is 0 Å². The minimum absolute atomic E-state index is 0.266. The molecule has 0 saturated heterocycles. The number of nitrogens with one attached hydrogen (secondary N) is 1. The summed E-state index contributed by atoms with van der Waals surface area (Å²) in [5.41, 5.74) is 1.76. The van der Waals surface area contributed by atoms with Crippen LogP contribution in [0.4, 0.5) is 5.69 Å². The number of hydrogen-bond acceptors (Lipinski definition) is 2. The van der Waals surface area contributed by atoms with E-state index in [1.807, 2.05) is 24.3 Å². The molecule has 0 saturated carbocycles. The second kappa shape index (κ2) is 7.52. The quantitative estimate of drug-likeness (QED) is 0.837. The molecule has 2 aromatic rings. The van der Waals surface area contributed by atoms with Crippen molar-refractivity contribution in [2.75, 3.05) is 5.32 Å². The van der Waals surface area contributed by atoms with Crippen molar-refractivity contribution in [3.8, 4) is 5.75 Å². The molecule has 3 nitrogen and oxygen atoms in total. The molecule has 5 heteroatoms. The highest BCUT2D eigenvalue weighted by atomic mass is 35.5. The molecule has 116 valence electrons. The fourth-order valence-electron chi connectivity index (χ4n) is 1.93. The Labute approximate surface area is 140 Å². The number of ether oxygens (including phenoxy) is 1. The van der Waals surface area contributed by atoms with Crippen molar-refractivity contribution in [1.29, 1.82) is 0 Å². The van der Waals surface area contributed by atoms with Gasteiger partial charge in [0.05, 0.1) is 0 Å². The van der Waals surface area contributed by atoms with E-state index in [4.69, 9.17) is 27.9 Å². The summed E-state index contributed by atoms with van der Waals surface area (Å²) >= 11 is 11.8. The van der Waals surface area contributed by atoms with Crippen molar-refractivity contribution in [3.05, 3.63) is 58.1 Å². The maximum Gasteiger partial charge on any atom is 0.265 e. The van der Waals surface area contributed by atoms with Crippen molar-refractivity contribution in [1.82, 2.24) is 0 Å². The molecule has 0 aliphatic rings. The minimum Gasteiger partial charge on any atom is -0.481 e. The molecule has 0 unspecified atom stereocenters. The van der Waals surface area contributed by atoms with E-state index in [2.05, 4.69) is 12.2 Å². The van der Waals surface area contributed by atoms with E-state index in [1.165, 1.54) is 5.56 Å². The summed E-state index contributed by atoms with van der Waals surface area (Å²) in [6, 6.07) is 12.6. The molecule has 1 atom stereocenters. The predicted octanol–water partition coefficient (Wildman–Crippen LogP) is 4.96. The Morgan fingerprint density at radius 2 is 1.73 bits per heavy atom. The Hall–Kier alpha value is -1.71. The Bertz CT molecular complexity index is 636. The molecule has 0 spiro atoms. The first kappa shape index (κ1) is 16.7. The summed E-state index contributed by atoms with van der Waals surface area (Å²) in [6.45, 7) is 3.78. The first-order valence-electron chi connectivity index (χ1n) is 7.00. The summed E-state index contributed by atoms with van der Waals surface area (Å²) in [4.78, 5) is 12.1. The fourth-order valence-corrected chi connectivity index (χ4v) is 2.46. The lowest BCUT2D eigenvalue weighted by molar-refractivity contribution is -0.122. The van der Waals surface area contributed by atoms with Gasteiger partial charge in [-0.1, -0.05) is 42.3 Å². The number of carbonyl (C=O) groups is 1. The Morgan fingerprint density at radius 3 is 2.27 bits per heavy atom. The monoisotopic (exact) mass is 337 g/mol. The average molecular weight is 338 g/mol. The third kappa shape index (κ3) is 4.65. The molecule has 0 aliphatic heterocycles. The highest BCUT2D eigenvalue weighted by Gasteiger charge is 2.15. The van der Waals surface area contributed by atoms with Crippen LogP contribution in [0.5, 0.6) is 5.75 Å². The Morgan fingerprint density at radius 1 is 1.14 bits per heavy atom. The van der Waals surface area contributed by atoms with Crippen molar-refractivity contribution in [3.63, 3.8) is 0 Å². The first-order valence-corrected chi connectivity index (χ1v) is 7.76. The number of benzene rings is 2.